The zero-order chi connectivity index (χ0) is 22.0. The lowest BCUT2D eigenvalue weighted by Gasteiger charge is -2.25. The van der Waals surface area contributed by atoms with E-state index in [0.29, 0.717) is 0 Å². The highest BCUT2D eigenvalue weighted by Crippen LogP contribution is 2.38. The minimum atomic E-state index is -1.12. The summed E-state index contributed by atoms with van der Waals surface area (Å²) in [5.41, 5.74) is -1.36. The summed E-state index contributed by atoms with van der Waals surface area (Å²) < 4.78 is 23.7. The van der Waals surface area contributed by atoms with Gasteiger partial charge in [0.15, 0.2) is 12.3 Å². The number of hydrogen-bond donors (Lipinski definition) is 2. The lowest BCUT2D eigenvalue weighted by molar-refractivity contribution is -0.159. The molecule has 0 unspecified atom stereocenters. The SMILES string of the molecule is CC(=O)N[C@H]1CO[C@@H]2[C@@H](OC(C)=O)[C@H](n3ccc(=O)[nH]c3=O)O[C@@H]2[C@@H](OC(C)=O)C1. The van der Waals surface area contributed by atoms with Gasteiger partial charge in [-0.3, -0.25) is 28.7 Å². The fourth-order valence-corrected chi connectivity index (χ4v) is 3.75. The molecule has 2 saturated heterocycles. The average Bonchev–Trinajstić information content (AvgIpc) is 2.87. The first-order valence-corrected chi connectivity index (χ1v) is 9.35. The first-order valence-electron chi connectivity index (χ1n) is 9.35. The third-order valence-corrected chi connectivity index (χ3v) is 4.75. The molecule has 0 aromatic carbocycles. The predicted molar refractivity (Wildman–Crippen MR) is 98.3 cm³/mol. The van der Waals surface area contributed by atoms with E-state index >= 15 is 0 Å². The molecule has 1 amide bonds. The maximum absolute atomic E-state index is 12.3. The van der Waals surface area contributed by atoms with Crippen LogP contribution in [0.5, 0.6) is 0 Å². The number of H-pyrrole nitrogens is 1. The number of rotatable bonds is 4. The smallest absolute Gasteiger partial charge is 0.330 e. The number of carbonyl (C=O) groups excluding carboxylic acids is 3. The van der Waals surface area contributed by atoms with E-state index in [9.17, 15) is 24.0 Å². The summed E-state index contributed by atoms with van der Waals surface area (Å²) in [7, 11) is 0. The first kappa shape index (κ1) is 21.7. The molecule has 1 aromatic heterocycles. The number of carbonyl (C=O) groups is 3. The highest BCUT2D eigenvalue weighted by atomic mass is 16.6. The summed E-state index contributed by atoms with van der Waals surface area (Å²) in [5.74, 6) is -1.49. The Hall–Kier alpha value is -2.99. The molecule has 0 bridgehead atoms. The van der Waals surface area contributed by atoms with Gasteiger partial charge in [0.25, 0.3) is 5.56 Å². The van der Waals surface area contributed by atoms with Crippen LogP contribution in [0.15, 0.2) is 21.9 Å². The molecule has 12 nitrogen and oxygen atoms in total. The van der Waals surface area contributed by atoms with Crippen molar-refractivity contribution in [1.82, 2.24) is 14.9 Å². The molecule has 3 rings (SSSR count). The molecular formula is C18H23N3O9. The van der Waals surface area contributed by atoms with Crippen molar-refractivity contribution in [3.8, 4) is 0 Å². The highest BCUT2D eigenvalue weighted by Gasteiger charge is 2.54. The number of ether oxygens (including phenoxy) is 4. The van der Waals surface area contributed by atoms with E-state index in [-0.39, 0.29) is 18.9 Å². The minimum absolute atomic E-state index is 0.0485. The van der Waals surface area contributed by atoms with Gasteiger partial charge in [-0.15, -0.1) is 0 Å². The summed E-state index contributed by atoms with van der Waals surface area (Å²) in [6, 6.07) is 0.661. The van der Waals surface area contributed by atoms with E-state index in [1.165, 1.54) is 27.0 Å². The Kier molecular flexibility index (Phi) is 6.37. The molecule has 30 heavy (non-hydrogen) atoms. The molecule has 2 aliphatic rings. The quantitative estimate of drug-likeness (QED) is 0.554. The maximum atomic E-state index is 12.3. The van der Waals surface area contributed by atoms with Gasteiger partial charge >= 0.3 is 17.6 Å². The Morgan fingerprint density at radius 2 is 1.83 bits per heavy atom. The standard InChI is InChI=1S/C18H23N3O9/c1-8(22)19-11-6-12(28-9(2)23)14-15(27-7-11)16(29-10(3)24)17(30-14)21-5-4-13(25)20-18(21)26/h4-5,11-12,14-17H,6-7H2,1-3H3,(H,19,22)(H,20,25,26)/t11-,12+,14-,15+,16-,17-/m1/s1. The van der Waals surface area contributed by atoms with Gasteiger partial charge in [-0.05, 0) is 0 Å². The van der Waals surface area contributed by atoms with Crippen LogP contribution in [0.3, 0.4) is 0 Å². The van der Waals surface area contributed by atoms with E-state index in [1.54, 1.807) is 0 Å². The Labute approximate surface area is 170 Å². The van der Waals surface area contributed by atoms with E-state index in [0.717, 1.165) is 10.6 Å². The van der Waals surface area contributed by atoms with Crippen LogP contribution < -0.4 is 16.6 Å². The van der Waals surface area contributed by atoms with Crippen LogP contribution in [-0.2, 0) is 33.3 Å². The molecule has 1 aromatic rings. The lowest BCUT2D eigenvalue weighted by Crippen LogP contribution is -2.43. The molecule has 0 radical (unpaired) electrons. The molecule has 12 heteroatoms. The Bertz CT molecular complexity index is 939. The third-order valence-electron chi connectivity index (χ3n) is 4.75. The summed E-state index contributed by atoms with van der Waals surface area (Å²) >= 11 is 0. The zero-order valence-electron chi connectivity index (χ0n) is 16.7. The molecule has 164 valence electrons. The number of aromatic nitrogens is 2. The van der Waals surface area contributed by atoms with Gasteiger partial charge in [0, 0.05) is 39.5 Å². The summed E-state index contributed by atoms with van der Waals surface area (Å²) in [4.78, 5) is 60.6. The van der Waals surface area contributed by atoms with Crippen molar-refractivity contribution in [3.63, 3.8) is 0 Å². The second-order valence-electron chi connectivity index (χ2n) is 7.16. The van der Waals surface area contributed by atoms with Crippen LogP contribution in [-0.4, -0.2) is 64.5 Å². The topological polar surface area (TPSA) is 155 Å². The Morgan fingerprint density at radius 3 is 2.43 bits per heavy atom. The third kappa shape index (κ3) is 4.76. The highest BCUT2D eigenvalue weighted by molar-refractivity contribution is 5.73. The van der Waals surface area contributed by atoms with Gasteiger partial charge in [-0.25, -0.2) is 4.79 Å². The molecule has 6 atom stereocenters. The summed E-state index contributed by atoms with van der Waals surface area (Å²) in [6.07, 6.45) is -3.39. The fraction of sp³-hybridized carbons (Fsp3) is 0.611. The number of aromatic amines is 1. The zero-order valence-corrected chi connectivity index (χ0v) is 16.7. The number of hydrogen-bond acceptors (Lipinski definition) is 9. The average molecular weight is 425 g/mol. The van der Waals surface area contributed by atoms with Gasteiger partial charge in [0.2, 0.25) is 5.91 Å². The van der Waals surface area contributed by atoms with Gasteiger partial charge in [0.05, 0.1) is 12.6 Å². The minimum Gasteiger partial charge on any atom is -0.460 e. The van der Waals surface area contributed by atoms with Crippen LogP contribution in [0.25, 0.3) is 0 Å². The lowest BCUT2D eigenvalue weighted by atomic mass is 10.0. The Balaban J connectivity index is 1.97. The van der Waals surface area contributed by atoms with E-state index < -0.39 is 59.9 Å². The van der Waals surface area contributed by atoms with Gasteiger partial charge in [-0.1, -0.05) is 0 Å². The van der Waals surface area contributed by atoms with Crippen molar-refractivity contribution in [2.45, 2.75) is 63.9 Å². The van der Waals surface area contributed by atoms with E-state index in [4.69, 9.17) is 18.9 Å². The van der Waals surface area contributed by atoms with Crippen LogP contribution in [0, 0.1) is 0 Å². The van der Waals surface area contributed by atoms with E-state index in [2.05, 4.69) is 10.3 Å². The van der Waals surface area contributed by atoms with Crippen molar-refractivity contribution < 1.29 is 33.3 Å². The normalized spacial score (nSPS) is 30.6. The largest absolute Gasteiger partial charge is 0.460 e. The summed E-state index contributed by atoms with van der Waals surface area (Å²) in [6.45, 7) is 3.83. The molecule has 0 spiro atoms. The van der Waals surface area contributed by atoms with Crippen molar-refractivity contribution >= 4 is 17.8 Å². The number of nitrogens with zero attached hydrogens (tertiary/aromatic N) is 1. The molecule has 2 N–H and O–H groups in total. The molecule has 0 aliphatic carbocycles. The molecule has 0 saturated carbocycles. The fourth-order valence-electron chi connectivity index (χ4n) is 3.75. The second kappa shape index (κ2) is 8.79. The maximum Gasteiger partial charge on any atom is 0.330 e. The Morgan fingerprint density at radius 1 is 1.13 bits per heavy atom. The number of amides is 1. The first-order chi connectivity index (χ1) is 14.2. The van der Waals surface area contributed by atoms with Crippen LogP contribution in [0.2, 0.25) is 0 Å². The summed E-state index contributed by atoms with van der Waals surface area (Å²) in [5, 5.41) is 2.71. The van der Waals surface area contributed by atoms with Gasteiger partial charge < -0.3 is 24.3 Å². The van der Waals surface area contributed by atoms with Crippen molar-refractivity contribution in [1.29, 1.82) is 0 Å². The van der Waals surface area contributed by atoms with Crippen molar-refractivity contribution in [2.75, 3.05) is 6.61 Å². The molecule has 3 heterocycles. The van der Waals surface area contributed by atoms with Gasteiger partial charge in [-0.2, -0.15) is 0 Å². The molecule has 2 aliphatic heterocycles. The van der Waals surface area contributed by atoms with Gasteiger partial charge in [0.1, 0.15) is 18.3 Å². The van der Waals surface area contributed by atoms with Crippen molar-refractivity contribution in [2.24, 2.45) is 0 Å². The second-order valence-corrected chi connectivity index (χ2v) is 7.16. The van der Waals surface area contributed by atoms with Crippen molar-refractivity contribution in [3.05, 3.63) is 33.1 Å². The number of fused-ring (bicyclic) bond motifs is 1. The van der Waals surface area contributed by atoms with Crippen LogP contribution in [0.1, 0.15) is 33.4 Å². The van der Waals surface area contributed by atoms with Crippen LogP contribution >= 0.6 is 0 Å². The number of nitrogens with one attached hydrogen (secondary N) is 2. The van der Waals surface area contributed by atoms with Crippen LogP contribution in [0.4, 0.5) is 0 Å². The molecule has 2 fully saturated rings. The monoisotopic (exact) mass is 425 g/mol. The predicted octanol–water partition coefficient (Wildman–Crippen LogP) is -1.41. The van der Waals surface area contributed by atoms with E-state index in [1.807, 2.05) is 0 Å². The molecular weight excluding hydrogens is 402 g/mol. The number of esters is 2.